The van der Waals surface area contributed by atoms with Crippen LogP contribution in [0.5, 0.6) is 0 Å². The molecule has 0 fully saturated rings. The molecule has 0 aliphatic heterocycles. The number of amides is 1. The highest BCUT2D eigenvalue weighted by Crippen LogP contribution is 2.30. The average Bonchev–Trinajstić information content (AvgIpc) is 3.45. The minimum absolute atomic E-state index is 0.148. The minimum Gasteiger partial charge on any atom is -0.457 e. The van der Waals surface area contributed by atoms with Crippen molar-refractivity contribution in [1.29, 1.82) is 5.26 Å². The topological polar surface area (TPSA) is 78.9 Å². The van der Waals surface area contributed by atoms with Crippen LogP contribution in [0.25, 0.3) is 17.4 Å². The van der Waals surface area contributed by atoms with Gasteiger partial charge in [0.05, 0.1) is 10.0 Å². The van der Waals surface area contributed by atoms with Gasteiger partial charge in [-0.1, -0.05) is 35.3 Å². The Morgan fingerprint density at radius 2 is 1.97 bits per heavy atom. The van der Waals surface area contributed by atoms with Gasteiger partial charge in [0.25, 0.3) is 5.91 Å². The number of nitrogens with one attached hydrogen (secondary N) is 1. The Kier molecular flexibility index (Phi) is 6.90. The maximum Gasteiger partial charge on any atom is 0.268 e. The van der Waals surface area contributed by atoms with Crippen molar-refractivity contribution in [2.75, 3.05) is 5.32 Å². The predicted molar refractivity (Wildman–Crippen MR) is 128 cm³/mol. The molecule has 0 aliphatic rings. The van der Waals surface area contributed by atoms with Gasteiger partial charge in [0.1, 0.15) is 29.0 Å². The lowest BCUT2D eigenvalue weighted by Gasteiger charge is -2.03. The van der Waals surface area contributed by atoms with E-state index in [4.69, 9.17) is 27.6 Å². The molecular weight excluding hydrogens is 484 g/mol. The van der Waals surface area contributed by atoms with Crippen LogP contribution in [0.15, 0.2) is 70.8 Å². The molecule has 1 amide bonds. The fraction of sp³-hybridized carbons (Fsp3) is 0.0417. The van der Waals surface area contributed by atoms with Crippen LogP contribution in [-0.2, 0) is 11.2 Å². The van der Waals surface area contributed by atoms with E-state index in [0.717, 1.165) is 10.4 Å². The number of nitrogens with zero attached hydrogens (tertiary/aromatic N) is 2. The molecule has 2 aromatic carbocycles. The zero-order valence-corrected chi connectivity index (χ0v) is 19.1. The molecule has 0 aliphatic carbocycles. The lowest BCUT2D eigenvalue weighted by Crippen LogP contribution is -2.13. The third kappa shape index (κ3) is 5.49. The quantitative estimate of drug-likeness (QED) is 0.230. The van der Waals surface area contributed by atoms with Gasteiger partial charge in [-0.15, -0.1) is 11.3 Å². The first-order valence-electron chi connectivity index (χ1n) is 9.59. The van der Waals surface area contributed by atoms with Crippen molar-refractivity contribution in [3.63, 3.8) is 0 Å². The summed E-state index contributed by atoms with van der Waals surface area (Å²) in [6.07, 6.45) is 3.48. The number of carbonyl (C=O) groups excluding carboxylic acids is 1. The van der Waals surface area contributed by atoms with Crippen LogP contribution in [0.4, 0.5) is 9.52 Å². The second-order valence-electron chi connectivity index (χ2n) is 6.85. The lowest BCUT2D eigenvalue weighted by molar-refractivity contribution is -0.112. The Bertz CT molecular complexity index is 1390. The summed E-state index contributed by atoms with van der Waals surface area (Å²) in [6.45, 7) is 0. The second kappa shape index (κ2) is 10.0. The number of carbonyl (C=O) groups is 1. The van der Waals surface area contributed by atoms with Crippen molar-refractivity contribution in [2.45, 2.75) is 6.42 Å². The van der Waals surface area contributed by atoms with Crippen molar-refractivity contribution < 1.29 is 13.6 Å². The van der Waals surface area contributed by atoms with E-state index in [9.17, 15) is 14.4 Å². The average molecular weight is 498 g/mol. The van der Waals surface area contributed by atoms with Crippen molar-refractivity contribution in [3.8, 4) is 17.4 Å². The zero-order chi connectivity index (χ0) is 23.4. The summed E-state index contributed by atoms with van der Waals surface area (Å²) < 4.78 is 18.8. The van der Waals surface area contributed by atoms with Gasteiger partial charge < -0.3 is 4.42 Å². The molecule has 0 radical (unpaired) electrons. The van der Waals surface area contributed by atoms with E-state index in [0.29, 0.717) is 38.7 Å². The number of hydrogen-bond acceptors (Lipinski definition) is 5. The number of benzene rings is 2. The van der Waals surface area contributed by atoms with Gasteiger partial charge in [-0.2, -0.15) is 5.26 Å². The van der Waals surface area contributed by atoms with Gasteiger partial charge in [-0.3, -0.25) is 10.1 Å². The first kappa shape index (κ1) is 22.7. The van der Waals surface area contributed by atoms with E-state index in [2.05, 4.69) is 10.3 Å². The summed E-state index contributed by atoms with van der Waals surface area (Å²) in [4.78, 5) is 17.6. The molecule has 5 nitrogen and oxygen atoms in total. The van der Waals surface area contributed by atoms with Gasteiger partial charge in [-0.25, -0.2) is 9.37 Å². The normalized spacial score (nSPS) is 11.3. The highest BCUT2D eigenvalue weighted by Gasteiger charge is 2.14. The SMILES string of the molecule is N#C/C(=C\c1ccc(-c2ccc(F)cc2)o1)C(=O)Nc1ncc(Cc2cccc(Cl)c2Cl)s1. The molecule has 0 bridgehead atoms. The fourth-order valence-electron chi connectivity index (χ4n) is 2.97. The first-order valence-corrected chi connectivity index (χ1v) is 11.2. The van der Waals surface area contributed by atoms with Crippen LogP contribution < -0.4 is 5.32 Å². The maximum atomic E-state index is 13.1. The summed E-state index contributed by atoms with van der Waals surface area (Å²) in [5, 5.41) is 13.4. The molecule has 0 atom stereocenters. The maximum absolute atomic E-state index is 13.1. The van der Waals surface area contributed by atoms with Crippen LogP contribution in [-0.4, -0.2) is 10.9 Å². The number of rotatable bonds is 6. The predicted octanol–water partition coefficient (Wildman–Crippen LogP) is 6.99. The monoisotopic (exact) mass is 497 g/mol. The number of nitriles is 1. The standard InChI is InChI=1S/C24H14Cl2FN3O2S/c25-20-3-1-2-15(22(20)26)11-19-13-29-24(33-19)30-23(31)16(12-28)10-18-8-9-21(32-18)14-4-6-17(27)7-5-14/h1-10,13H,11H2,(H,29,30,31)/b16-10+. The van der Waals surface area contributed by atoms with Gasteiger partial charge >= 0.3 is 0 Å². The summed E-state index contributed by atoms with van der Waals surface area (Å²) in [7, 11) is 0. The summed E-state index contributed by atoms with van der Waals surface area (Å²) >= 11 is 13.6. The third-order valence-corrected chi connectivity index (χ3v) is 6.35. The van der Waals surface area contributed by atoms with Crippen molar-refractivity contribution in [3.05, 3.63) is 98.4 Å². The Morgan fingerprint density at radius 1 is 1.18 bits per heavy atom. The van der Waals surface area contributed by atoms with Crippen LogP contribution in [0.1, 0.15) is 16.2 Å². The van der Waals surface area contributed by atoms with E-state index in [1.165, 1.54) is 29.5 Å². The molecule has 0 saturated carbocycles. The lowest BCUT2D eigenvalue weighted by atomic mass is 10.1. The smallest absolute Gasteiger partial charge is 0.268 e. The summed E-state index contributed by atoms with van der Waals surface area (Å²) in [5.41, 5.74) is 1.37. The van der Waals surface area contributed by atoms with Crippen molar-refractivity contribution in [1.82, 2.24) is 4.98 Å². The van der Waals surface area contributed by atoms with Crippen LogP contribution in [0.3, 0.4) is 0 Å². The highest BCUT2D eigenvalue weighted by atomic mass is 35.5. The molecule has 2 heterocycles. The Balaban J connectivity index is 1.45. The van der Waals surface area contributed by atoms with E-state index in [1.54, 1.807) is 36.5 Å². The second-order valence-corrected chi connectivity index (χ2v) is 8.75. The molecule has 0 unspecified atom stereocenters. The van der Waals surface area contributed by atoms with Gasteiger partial charge in [-0.05, 0) is 48.0 Å². The number of halogens is 3. The van der Waals surface area contributed by atoms with Crippen LogP contribution >= 0.6 is 34.5 Å². The Morgan fingerprint density at radius 3 is 2.73 bits per heavy atom. The highest BCUT2D eigenvalue weighted by molar-refractivity contribution is 7.15. The zero-order valence-electron chi connectivity index (χ0n) is 16.8. The fourth-order valence-corrected chi connectivity index (χ4v) is 4.19. The Labute approximate surface area is 202 Å². The number of thiazole rings is 1. The molecule has 4 aromatic rings. The Hall–Kier alpha value is -3.44. The molecule has 9 heteroatoms. The first-order chi connectivity index (χ1) is 15.9. The van der Waals surface area contributed by atoms with E-state index < -0.39 is 5.91 Å². The van der Waals surface area contributed by atoms with E-state index in [-0.39, 0.29) is 11.4 Å². The number of furan rings is 1. The van der Waals surface area contributed by atoms with Crippen LogP contribution in [0.2, 0.25) is 10.0 Å². The minimum atomic E-state index is -0.612. The molecule has 2 aromatic heterocycles. The third-order valence-electron chi connectivity index (χ3n) is 4.58. The number of aromatic nitrogens is 1. The van der Waals surface area contributed by atoms with E-state index in [1.807, 2.05) is 18.2 Å². The molecule has 0 saturated heterocycles. The molecular formula is C24H14Cl2FN3O2S. The van der Waals surface area contributed by atoms with Crippen molar-refractivity contribution >= 4 is 51.7 Å². The van der Waals surface area contributed by atoms with Crippen molar-refractivity contribution in [2.24, 2.45) is 0 Å². The molecule has 1 N–H and O–H groups in total. The van der Waals surface area contributed by atoms with Gasteiger partial charge in [0, 0.05) is 29.1 Å². The number of hydrogen-bond donors (Lipinski definition) is 1. The van der Waals surface area contributed by atoms with Crippen LogP contribution in [0, 0.1) is 17.1 Å². The van der Waals surface area contributed by atoms with Gasteiger partial charge in [0.2, 0.25) is 0 Å². The van der Waals surface area contributed by atoms with Gasteiger partial charge in [0.15, 0.2) is 5.13 Å². The largest absolute Gasteiger partial charge is 0.457 e. The van der Waals surface area contributed by atoms with E-state index >= 15 is 0 Å². The summed E-state index contributed by atoms with van der Waals surface area (Å²) in [6, 6.07) is 16.4. The molecule has 33 heavy (non-hydrogen) atoms. The molecule has 4 rings (SSSR count). The number of anilines is 1. The molecule has 0 spiro atoms. The summed E-state index contributed by atoms with van der Waals surface area (Å²) in [5.74, 6) is -0.159. The molecule has 164 valence electrons.